The molecule has 1 aliphatic heterocycles. The second-order valence-corrected chi connectivity index (χ2v) is 9.02. The zero-order valence-electron chi connectivity index (χ0n) is 16.3. The van der Waals surface area contributed by atoms with Crippen LogP contribution >= 0.6 is 22.9 Å². The Labute approximate surface area is 191 Å². The van der Waals surface area contributed by atoms with Crippen molar-refractivity contribution < 1.29 is 31.5 Å². The number of halogens is 4. The predicted molar refractivity (Wildman–Crippen MR) is 114 cm³/mol. The lowest BCUT2D eigenvalue weighted by atomic mass is 9.96. The van der Waals surface area contributed by atoms with Crippen molar-refractivity contribution in [1.29, 1.82) is 0 Å². The van der Waals surface area contributed by atoms with Gasteiger partial charge in [-0.15, -0.1) is 11.3 Å². The number of anilines is 1. The van der Waals surface area contributed by atoms with Crippen molar-refractivity contribution in [3.63, 3.8) is 0 Å². The largest absolute Gasteiger partial charge is 0.433 e. The SMILES string of the molecule is CN=C(N)N[C@@]1(c2sc(C(=O)Nc3cccc(C(F)(F)F)n3)cc2Cl)CCOC1S(=O)O. The first-order valence-corrected chi connectivity index (χ1v) is 11.2. The summed E-state index contributed by atoms with van der Waals surface area (Å²) in [5.74, 6) is -1.11. The number of rotatable bonds is 5. The van der Waals surface area contributed by atoms with Crippen LogP contribution in [-0.2, 0) is 27.5 Å². The van der Waals surface area contributed by atoms with Crippen molar-refractivity contribution in [2.24, 2.45) is 10.7 Å². The quantitative estimate of drug-likeness (QED) is 0.275. The highest BCUT2D eigenvalue weighted by Crippen LogP contribution is 2.45. The number of thiophene rings is 1. The number of carbonyl (C=O) groups is 1. The molecule has 2 aromatic rings. The lowest BCUT2D eigenvalue weighted by Gasteiger charge is -2.33. The number of ether oxygens (including phenoxy) is 1. The number of nitrogens with two attached hydrogens (primary N) is 1. The Hall–Kier alpha value is -2.26. The molecule has 0 spiro atoms. The summed E-state index contributed by atoms with van der Waals surface area (Å²) in [6.07, 6.45) is -4.48. The molecular weight excluding hydrogens is 495 g/mol. The third-order valence-corrected chi connectivity index (χ3v) is 7.17. The van der Waals surface area contributed by atoms with Gasteiger partial charge in [-0.1, -0.05) is 17.7 Å². The molecule has 0 aliphatic carbocycles. The first-order valence-electron chi connectivity index (χ1n) is 8.85. The average molecular weight is 512 g/mol. The molecule has 0 saturated carbocycles. The van der Waals surface area contributed by atoms with Crippen LogP contribution in [0.2, 0.25) is 5.02 Å². The molecule has 3 rings (SSSR count). The normalized spacial score (nSPS) is 22.6. The van der Waals surface area contributed by atoms with Gasteiger partial charge in [-0.25, -0.2) is 9.19 Å². The van der Waals surface area contributed by atoms with Gasteiger partial charge in [0.05, 0.1) is 21.4 Å². The van der Waals surface area contributed by atoms with E-state index in [4.69, 9.17) is 22.1 Å². The molecule has 0 bridgehead atoms. The van der Waals surface area contributed by atoms with Crippen LogP contribution in [0.25, 0.3) is 0 Å². The highest BCUT2D eigenvalue weighted by molar-refractivity contribution is 7.79. The number of amides is 1. The topological polar surface area (TPSA) is 139 Å². The van der Waals surface area contributed by atoms with Gasteiger partial charge in [-0.2, -0.15) is 13.2 Å². The van der Waals surface area contributed by atoms with E-state index in [-0.39, 0.29) is 39.6 Å². The van der Waals surface area contributed by atoms with Crippen molar-refractivity contribution >= 4 is 51.7 Å². The standard InChI is InChI=1S/C17H17ClF3N5O4S2/c1-23-15(22)26-16(5-6-30-14(16)32(28)29)12-8(18)7-9(31-12)13(27)25-11-4-2-3-10(24-11)17(19,20)21/h2-4,7,14H,5-6H2,1H3,(H,28,29)(H3,22,23,26)(H,24,25,27)/t14?,16-/m1/s1. The van der Waals surface area contributed by atoms with E-state index in [2.05, 4.69) is 20.6 Å². The number of hydrogen-bond donors (Lipinski definition) is 4. The van der Waals surface area contributed by atoms with Crippen molar-refractivity contribution in [1.82, 2.24) is 10.3 Å². The van der Waals surface area contributed by atoms with Crippen LogP contribution in [0.5, 0.6) is 0 Å². The van der Waals surface area contributed by atoms with Crippen LogP contribution in [0.1, 0.15) is 26.7 Å². The van der Waals surface area contributed by atoms with E-state index in [1.807, 2.05) is 0 Å². The first kappa shape index (κ1) is 24.4. The number of aliphatic imine (C=N–C) groups is 1. The van der Waals surface area contributed by atoms with Crippen LogP contribution < -0.4 is 16.4 Å². The Morgan fingerprint density at radius 2 is 2.22 bits per heavy atom. The number of pyridine rings is 1. The zero-order chi connectivity index (χ0) is 23.7. The van der Waals surface area contributed by atoms with E-state index >= 15 is 0 Å². The molecule has 9 nitrogen and oxygen atoms in total. The third kappa shape index (κ3) is 4.88. The summed E-state index contributed by atoms with van der Waals surface area (Å²) in [5, 5.41) is 5.23. The number of alkyl halides is 3. The van der Waals surface area contributed by atoms with Crippen molar-refractivity contribution in [3.8, 4) is 0 Å². The van der Waals surface area contributed by atoms with Gasteiger partial charge in [-0.05, 0) is 18.2 Å². The van der Waals surface area contributed by atoms with Gasteiger partial charge in [0.1, 0.15) is 17.1 Å². The Morgan fingerprint density at radius 3 is 2.84 bits per heavy atom. The molecular formula is C17H17ClF3N5O4S2. The van der Waals surface area contributed by atoms with Crippen molar-refractivity contribution in [2.75, 3.05) is 19.0 Å². The number of hydrogen-bond acceptors (Lipinski definition) is 6. The number of guanidine groups is 1. The van der Waals surface area contributed by atoms with E-state index in [0.717, 1.165) is 23.5 Å². The molecule has 1 aliphatic rings. The highest BCUT2D eigenvalue weighted by Gasteiger charge is 2.52. The summed E-state index contributed by atoms with van der Waals surface area (Å²) >= 11 is 4.78. The molecule has 2 unspecified atom stereocenters. The Kier molecular flexibility index (Phi) is 7.09. The Bertz CT molecular complexity index is 1080. The molecule has 174 valence electrons. The summed E-state index contributed by atoms with van der Waals surface area (Å²) in [7, 11) is 1.41. The zero-order valence-corrected chi connectivity index (χ0v) is 18.7. The fraction of sp³-hybridized carbons (Fsp3) is 0.353. The lowest BCUT2D eigenvalue weighted by Crippen LogP contribution is -2.54. The first-order chi connectivity index (χ1) is 15.0. The molecule has 0 aromatic carbocycles. The van der Waals surface area contributed by atoms with Gasteiger partial charge in [0.2, 0.25) is 0 Å². The number of aromatic nitrogens is 1. The molecule has 1 saturated heterocycles. The fourth-order valence-electron chi connectivity index (χ4n) is 3.13. The summed E-state index contributed by atoms with van der Waals surface area (Å²) in [6.45, 7) is 0.102. The van der Waals surface area contributed by atoms with E-state index < -0.39 is 39.8 Å². The van der Waals surface area contributed by atoms with Crippen LogP contribution in [0.3, 0.4) is 0 Å². The smallest absolute Gasteiger partial charge is 0.370 e. The third-order valence-electron chi connectivity index (χ3n) is 4.54. The summed E-state index contributed by atoms with van der Waals surface area (Å²) < 4.78 is 65.6. The minimum absolute atomic E-state index is 0.0340. The van der Waals surface area contributed by atoms with Gasteiger partial charge < -0.3 is 25.7 Å². The van der Waals surface area contributed by atoms with Gasteiger partial charge in [0.25, 0.3) is 5.91 Å². The number of nitrogens with one attached hydrogen (secondary N) is 2. The Morgan fingerprint density at radius 1 is 1.50 bits per heavy atom. The fourth-order valence-corrected chi connectivity index (χ4v) is 5.65. The maximum atomic E-state index is 12.9. The molecule has 3 heterocycles. The van der Waals surface area contributed by atoms with Crippen molar-refractivity contribution in [3.05, 3.63) is 44.7 Å². The van der Waals surface area contributed by atoms with E-state index in [1.54, 1.807) is 0 Å². The van der Waals surface area contributed by atoms with Gasteiger partial charge in [0.15, 0.2) is 22.5 Å². The molecule has 2 aromatic heterocycles. The summed E-state index contributed by atoms with van der Waals surface area (Å²) in [4.78, 5) is 20.2. The highest BCUT2D eigenvalue weighted by atomic mass is 35.5. The molecule has 1 amide bonds. The van der Waals surface area contributed by atoms with E-state index in [0.29, 0.717) is 0 Å². The summed E-state index contributed by atoms with van der Waals surface area (Å²) in [5.41, 5.74) is 2.02. The van der Waals surface area contributed by atoms with Gasteiger partial charge >= 0.3 is 6.18 Å². The van der Waals surface area contributed by atoms with Crippen LogP contribution in [0.4, 0.5) is 19.0 Å². The molecule has 3 atom stereocenters. The Balaban J connectivity index is 1.95. The van der Waals surface area contributed by atoms with Crippen LogP contribution in [0.15, 0.2) is 29.3 Å². The lowest BCUT2D eigenvalue weighted by molar-refractivity contribution is -0.141. The van der Waals surface area contributed by atoms with Crippen LogP contribution in [0, 0.1) is 0 Å². The molecule has 0 radical (unpaired) electrons. The van der Waals surface area contributed by atoms with Crippen LogP contribution in [-0.4, -0.2) is 44.7 Å². The van der Waals surface area contributed by atoms with Gasteiger partial charge in [0, 0.05) is 13.5 Å². The monoisotopic (exact) mass is 511 g/mol. The molecule has 32 heavy (non-hydrogen) atoms. The second-order valence-electron chi connectivity index (χ2n) is 6.58. The van der Waals surface area contributed by atoms with E-state index in [1.165, 1.54) is 19.2 Å². The van der Waals surface area contributed by atoms with Crippen molar-refractivity contribution in [2.45, 2.75) is 23.6 Å². The average Bonchev–Trinajstić information content (AvgIpc) is 3.32. The molecule has 15 heteroatoms. The minimum Gasteiger partial charge on any atom is -0.370 e. The maximum absolute atomic E-state index is 12.9. The predicted octanol–water partition coefficient (Wildman–Crippen LogP) is 2.77. The number of nitrogens with zero attached hydrogens (tertiary/aromatic N) is 2. The second kappa shape index (κ2) is 9.31. The van der Waals surface area contributed by atoms with Gasteiger partial charge in [-0.3, -0.25) is 9.79 Å². The summed E-state index contributed by atoms with van der Waals surface area (Å²) in [6, 6.07) is 4.39. The number of carbonyl (C=O) groups excluding carboxylic acids is 1. The molecule has 5 N–H and O–H groups in total. The molecule has 1 fully saturated rings. The van der Waals surface area contributed by atoms with E-state index in [9.17, 15) is 26.7 Å². The maximum Gasteiger partial charge on any atom is 0.433 e. The minimum atomic E-state index is -4.67.